The minimum absolute atomic E-state index is 0.115. The lowest BCUT2D eigenvalue weighted by molar-refractivity contribution is -0.116. The molecule has 5 heteroatoms. The van der Waals surface area contributed by atoms with E-state index in [1.807, 2.05) is 24.3 Å². The van der Waals surface area contributed by atoms with Gasteiger partial charge in [0, 0.05) is 24.7 Å². The summed E-state index contributed by atoms with van der Waals surface area (Å²) in [6.45, 7) is 5.83. The zero-order valence-corrected chi connectivity index (χ0v) is 16.6. The van der Waals surface area contributed by atoms with Gasteiger partial charge in [-0.05, 0) is 53.8 Å². The molecule has 0 saturated carbocycles. The molecule has 2 aromatic carbocycles. The SMILES string of the molecule is CC(C)c1ccc(/C=C/C(=O)NCc2ccc(C(=O)NCCCN)cc2)cc1. The fourth-order valence-corrected chi connectivity index (χ4v) is 2.59. The zero-order chi connectivity index (χ0) is 20.4. The Balaban J connectivity index is 1.81. The molecule has 0 aliphatic rings. The van der Waals surface area contributed by atoms with Crippen LogP contribution >= 0.6 is 0 Å². The van der Waals surface area contributed by atoms with Crippen LogP contribution in [0.5, 0.6) is 0 Å². The lowest BCUT2D eigenvalue weighted by Gasteiger charge is -2.06. The second-order valence-electron chi connectivity index (χ2n) is 6.97. The molecule has 28 heavy (non-hydrogen) atoms. The second-order valence-corrected chi connectivity index (χ2v) is 6.97. The molecule has 2 aromatic rings. The average molecular weight is 380 g/mol. The third kappa shape index (κ3) is 7.00. The molecular weight excluding hydrogens is 350 g/mol. The van der Waals surface area contributed by atoms with Crippen LogP contribution in [0.25, 0.3) is 6.08 Å². The van der Waals surface area contributed by atoms with Gasteiger partial charge in [-0.3, -0.25) is 9.59 Å². The van der Waals surface area contributed by atoms with Gasteiger partial charge in [0.2, 0.25) is 5.91 Å². The highest BCUT2D eigenvalue weighted by molar-refractivity contribution is 5.94. The maximum atomic E-state index is 12.0. The molecule has 0 spiro atoms. The Kier molecular flexibility index (Phi) is 8.43. The maximum Gasteiger partial charge on any atom is 0.251 e. The molecular formula is C23H29N3O2. The summed E-state index contributed by atoms with van der Waals surface area (Å²) in [7, 11) is 0. The molecule has 0 unspecified atom stereocenters. The van der Waals surface area contributed by atoms with Crippen molar-refractivity contribution >= 4 is 17.9 Å². The number of carbonyl (C=O) groups excluding carboxylic acids is 2. The Morgan fingerprint density at radius 1 is 1.00 bits per heavy atom. The molecule has 0 saturated heterocycles. The van der Waals surface area contributed by atoms with Crippen LogP contribution in [-0.4, -0.2) is 24.9 Å². The number of rotatable bonds is 9. The minimum Gasteiger partial charge on any atom is -0.352 e. The van der Waals surface area contributed by atoms with Gasteiger partial charge in [0.25, 0.3) is 5.91 Å². The molecule has 4 N–H and O–H groups in total. The number of hydrogen-bond donors (Lipinski definition) is 3. The van der Waals surface area contributed by atoms with E-state index in [4.69, 9.17) is 5.73 Å². The first-order valence-corrected chi connectivity index (χ1v) is 9.62. The molecule has 0 aromatic heterocycles. The van der Waals surface area contributed by atoms with Crippen LogP contribution in [0.2, 0.25) is 0 Å². The van der Waals surface area contributed by atoms with Gasteiger partial charge >= 0.3 is 0 Å². The number of nitrogens with one attached hydrogen (secondary N) is 2. The molecule has 2 rings (SSSR count). The first-order valence-electron chi connectivity index (χ1n) is 9.62. The molecule has 0 fully saturated rings. The van der Waals surface area contributed by atoms with Crippen molar-refractivity contribution in [2.45, 2.75) is 32.7 Å². The van der Waals surface area contributed by atoms with Gasteiger partial charge in [-0.1, -0.05) is 50.2 Å². The molecule has 2 amide bonds. The number of carbonyl (C=O) groups is 2. The van der Waals surface area contributed by atoms with Crippen LogP contribution in [0.15, 0.2) is 54.6 Å². The van der Waals surface area contributed by atoms with E-state index in [0.29, 0.717) is 31.1 Å². The van der Waals surface area contributed by atoms with E-state index in [2.05, 4.69) is 36.6 Å². The Bertz CT molecular complexity index is 794. The molecule has 5 nitrogen and oxygen atoms in total. The zero-order valence-electron chi connectivity index (χ0n) is 16.6. The van der Waals surface area contributed by atoms with Gasteiger partial charge in [-0.2, -0.15) is 0 Å². The molecule has 0 heterocycles. The second kappa shape index (κ2) is 11.0. The Labute approximate surface area is 167 Å². The van der Waals surface area contributed by atoms with Gasteiger partial charge in [-0.15, -0.1) is 0 Å². The number of amides is 2. The van der Waals surface area contributed by atoms with Crippen LogP contribution in [0.1, 0.15) is 53.2 Å². The monoisotopic (exact) mass is 379 g/mol. The molecule has 0 radical (unpaired) electrons. The van der Waals surface area contributed by atoms with Crippen LogP contribution < -0.4 is 16.4 Å². The van der Waals surface area contributed by atoms with Crippen molar-refractivity contribution in [3.63, 3.8) is 0 Å². The van der Waals surface area contributed by atoms with E-state index in [1.54, 1.807) is 18.2 Å². The maximum absolute atomic E-state index is 12.0. The summed E-state index contributed by atoms with van der Waals surface area (Å²) in [6, 6.07) is 15.4. The fourth-order valence-electron chi connectivity index (χ4n) is 2.59. The standard InChI is InChI=1S/C23H29N3O2/c1-17(2)20-9-4-18(5-10-20)8-13-22(27)26-16-19-6-11-21(12-7-19)23(28)25-15-3-14-24/h4-13,17H,3,14-16,24H2,1-2H3,(H,25,28)(H,26,27)/b13-8+. The quantitative estimate of drug-likeness (QED) is 0.462. The number of benzene rings is 2. The van der Waals surface area contributed by atoms with Crippen molar-refractivity contribution in [1.29, 1.82) is 0 Å². The largest absolute Gasteiger partial charge is 0.352 e. The van der Waals surface area contributed by atoms with Crippen LogP contribution in [0.4, 0.5) is 0 Å². The molecule has 0 aliphatic heterocycles. The van der Waals surface area contributed by atoms with Gasteiger partial charge in [-0.25, -0.2) is 0 Å². The smallest absolute Gasteiger partial charge is 0.251 e. The van der Waals surface area contributed by atoms with Gasteiger partial charge < -0.3 is 16.4 Å². The summed E-state index contributed by atoms with van der Waals surface area (Å²) in [4.78, 5) is 24.0. The van der Waals surface area contributed by atoms with Crippen molar-refractivity contribution in [3.8, 4) is 0 Å². The Morgan fingerprint density at radius 3 is 2.29 bits per heavy atom. The van der Waals surface area contributed by atoms with Gasteiger partial charge in [0.1, 0.15) is 0 Å². The summed E-state index contributed by atoms with van der Waals surface area (Å²) in [6.07, 6.45) is 4.09. The van der Waals surface area contributed by atoms with E-state index in [-0.39, 0.29) is 11.8 Å². The first-order chi connectivity index (χ1) is 13.5. The molecule has 0 aliphatic carbocycles. The lowest BCUT2D eigenvalue weighted by Crippen LogP contribution is -2.26. The van der Waals surface area contributed by atoms with Gasteiger partial charge in [0.15, 0.2) is 0 Å². The van der Waals surface area contributed by atoms with Crippen LogP contribution in [-0.2, 0) is 11.3 Å². The Hall–Kier alpha value is -2.92. The predicted octanol–water partition coefficient (Wildman–Crippen LogP) is 3.22. The minimum atomic E-state index is -0.156. The summed E-state index contributed by atoms with van der Waals surface area (Å²) in [5.41, 5.74) is 9.20. The van der Waals surface area contributed by atoms with Crippen molar-refractivity contribution in [3.05, 3.63) is 76.9 Å². The summed E-state index contributed by atoms with van der Waals surface area (Å²) in [5.74, 6) is 0.219. The third-order valence-corrected chi connectivity index (χ3v) is 4.38. The molecule has 0 bridgehead atoms. The Morgan fingerprint density at radius 2 is 1.68 bits per heavy atom. The van der Waals surface area contributed by atoms with Crippen LogP contribution in [0, 0.1) is 0 Å². The van der Waals surface area contributed by atoms with E-state index in [1.165, 1.54) is 11.6 Å². The third-order valence-electron chi connectivity index (χ3n) is 4.38. The summed E-state index contributed by atoms with van der Waals surface area (Å²) in [5, 5.41) is 5.66. The van der Waals surface area contributed by atoms with Crippen LogP contribution in [0.3, 0.4) is 0 Å². The normalized spacial score (nSPS) is 11.0. The van der Waals surface area contributed by atoms with Crippen molar-refractivity contribution in [2.75, 3.05) is 13.1 Å². The van der Waals surface area contributed by atoms with E-state index in [0.717, 1.165) is 17.5 Å². The highest BCUT2D eigenvalue weighted by atomic mass is 16.2. The van der Waals surface area contributed by atoms with Crippen molar-refractivity contribution in [2.24, 2.45) is 5.73 Å². The van der Waals surface area contributed by atoms with E-state index < -0.39 is 0 Å². The van der Waals surface area contributed by atoms with E-state index in [9.17, 15) is 9.59 Å². The highest BCUT2D eigenvalue weighted by Gasteiger charge is 2.05. The topological polar surface area (TPSA) is 84.2 Å². The summed E-state index contributed by atoms with van der Waals surface area (Å²) >= 11 is 0. The van der Waals surface area contributed by atoms with Crippen molar-refractivity contribution in [1.82, 2.24) is 10.6 Å². The van der Waals surface area contributed by atoms with E-state index >= 15 is 0 Å². The lowest BCUT2D eigenvalue weighted by atomic mass is 10.0. The van der Waals surface area contributed by atoms with Crippen molar-refractivity contribution < 1.29 is 9.59 Å². The average Bonchev–Trinajstić information content (AvgIpc) is 2.71. The number of hydrogen-bond acceptors (Lipinski definition) is 3. The highest BCUT2D eigenvalue weighted by Crippen LogP contribution is 2.15. The molecule has 148 valence electrons. The molecule has 0 atom stereocenters. The predicted molar refractivity (Wildman–Crippen MR) is 114 cm³/mol. The van der Waals surface area contributed by atoms with Gasteiger partial charge in [0.05, 0.1) is 0 Å². The first kappa shape index (κ1) is 21.4. The summed E-state index contributed by atoms with van der Waals surface area (Å²) < 4.78 is 0. The fraction of sp³-hybridized carbons (Fsp3) is 0.304. The number of nitrogens with two attached hydrogens (primary N) is 1.